The lowest BCUT2D eigenvalue weighted by molar-refractivity contribution is 0.409. The predicted molar refractivity (Wildman–Crippen MR) is 57.2 cm³/mol. The highest BCUT2D eigenvalue weighted by atomic mass is 19.1. The molecule has 1 fully saturated rings. The van der Waals surface area contributed by atoms with Crippen molar-refractivity contribution in [2.75, 3.05) is 7.11 Å². The lowest BCUT2D eigenvalue weighted by Crippen LogP contribution is -2.12. The molecule has 82 valence electrons. The fourth-order valence-corrected chi connectivity index (χ4v) is 1.78. The van der Waals surface area contributed by atoms with E-state index in [0.29, 0.717) is 17.2 Å². The van der Waals surface area contributed by atoms with Gasteiger partial charge in [0.2, 0.25) is 0 Å². The Morgan fingerprint density at radius 3 is 2.80 bits per heavy atom. The normalized spacial score (nSPS) is 17.5. The lowest BCUT2D eigenvalue weighted by Gasteiger charge is -2.13. The van der Waals surface area contributed by atoms with E-state index < -0.39 is 0 Å². The molecule has 1 saturated carbocycles. The maximum absolute atomic E-state index is 13.6. The standard InChI is InChI=1S/C12H16FNO/c1-15-9-4-5-10(11(13)7-9)12(14)6-8-2-3-8/h4-5,7-8,12H,2-3,6,14H2,1H3. The first kappa shape index (κ1) is 10.4. The van der Waals surface area contributed by atoms with E-state index in [0.717, 1.165) is 6.42 Å². The molecule has 1 aliphatic rings. The van der Waals surface area contributed by atoms with E-state index in [1.807, 2.05) is 0 Å². The van der Waals surface area contributed by atoms with Crippen LogP contribution in [0.5, 0.6) is 5.75 Å². The van der Waals surface area contributed by atoms with Crippen molar-refractivity contribution in [3.05, 3.63) is 29.6 Å². The predicted octanol–water partition coefficient (Wildman–Crippen LogP) is 2.63. The summed E-state index contributed by atoms with van der Waals surface area (Å²) in [5, 5.41) is 0. The Morgan fingerprint density at radius 2 is 2.27 bits per heavy atom. The van der Waals surface area contributed by atoms with Crippen LogP contribution < -0.4 is 10.5 Å². The highest BCUT2D eigenvalue weighted by molar-refractivity contribution is 5.30. The van der Waals surface area contributed by atoms with Gasteiger partial charge in [-0.3, -0.25) is 0 Å². The number of ether oxygens (including phenoxy) is 1. The second kappa shape index (κ2) is 4.19. The summed E-state index contributed by atoms with van der Waals surface area (Å²) < 4.78 is 18.5. The third-order valence-electron chi connectivity index (χ3n) is 2.89. The van der Waals surface area contributed by atoms with Crippen LogP contribution in [0.4, 0.5) is 4.39 Å². The topological polar surface area (TPSA) is 35.2 Å². The van der Waals surface area contributed by atoms with Gasteiger partial charge in [-0.15, -0.1) is 0 Å². The quantitative estimate of drug-likeness (QED) is 0.827. The lowest BCUT2D eigenvalue weighted by atomic mass is 10.0. The van der Waals surface area contributed by atoms with Crippen molar-refractivity contribution in [3.63, 3.8) is 0 Å². The molecule has 1 unspecified atom stereocenters. The van der Waals surface area contributed by atoms with Crippen LogP contribution in [0.25, 0.3) is 0 Å². The van der Waals surface area contributed by atoms with Crippen LogP contribution in [-0.2, 0) is 0 Å². The number of hydrogen-bond acceptors (Lipinski definition) is 2. The summed E-state index contributed by atoms with van der Waals surface area (Å²) in [5.41, 5.74) is 6.55. The summed E-state index contributed by atoms with van der Waals surface area (Å²) in [7, 11) is 1.53. The molecule has 2 rings (SSSR count). The van der Waals surface area contributed by atoms with E-state index in [2.05, 4.69) is 0 Å². The molecular formula is C12H16FNO. The number of nitrogens with two attached hydrogens (primary N) is 1. The van der Waals surface area contributed by atoms with Crippen molar-refractivity contribution >= 4 is 0 Å². The largest absolute Gasteiger partial charge is 0.497 e. The van der Waals surface area contributed by atoms with Gasteiger partial charge in [-0.05, 0) is 18.4 Å². The first-order valence-corrected chi connectivity index (χ1v) is 5.29. The van der Waals surface area contributed by atoms with E-state index in [9.17, 15) is 4.39 Å². The van der Waals surface area contributed by atoms with Crippen molar-refractivity contribution < 1.29 is 9.13 Å². The molecule has 0 saturated heterocycles. The summed E-state index contributed by atoms with van der Waals surface area (Å²) in [4.78, 5) is 0. The zero-order chi connectivity index (χ0) is 10.8. The average Bonchev–Trinajstić information content (AvgIpc) is 3.01. The minimum Gasteiger partial charge on any atom is -0.497 e. The Hall–Kier alpha value is -1.09. The first-order valence-electron chi connectivity index (χ1n) is 5.29. The Morgan fingerprint density at radius 1 is 1.53 bits per heavy atom. The zero-order valence-corrected chi connectivity index (χ0v) is 8.87. The fraction of sp³-hybridized carbons (Fsp3) is 0.500. The van der Waals surface area contributed by atoms with Crippen LogP contribution in [0.1, 0.15) is 30.9 Å². The van der Waals surface area contributed by atoms with Gasteiger partial charge in [0, 0.05) is 17.7 Å². The van der Waals surface area contributed by atoms with Crippen molar-refractivity contribution in [2.45, 2.75) is 25.3 Å². The highest BCUT2D eigenvalue weighted by Crippen LogP contribution is 2.37. The average molecular weight is 209 g/mol. The maximum Gasteiger partial charge on any atom is 0.131 e. The number of halogens is 1. The van der Waals surface area contributed by atoms with Crippen molar-refractivity contribution in [3.8, 4) is 5.75 Å². The number of benzene rings is 1. The van der Waals surface area contributed by atoms with Gasteiger partial charge in [0.1, 0.15) is 11.6 Å². The van der Waals surface area contributed by atoms with Gasteiger partial charge in [0.05, 0.1) is 7.11 Å². The molecule has 1 aromatic carbocycles. The Labute approximate surface area is 89.2 Å². The number of methoxy groups -OCH3 is 1. The van der Waals surface area contributed by atoms with Crippen molar-refractivity contribution in [1.29, 1.82) is 0 Å². The van der Waals surface area contributed by atoms with E-state index >= 15 is 0 Å². The molecule has 2 N–H and O–H groups in total. The molecule has 1 aliphatic carbocycles. The number of hydrogen-bond donors (Lipinski definition) is 1. The van der Waals surface area contributed by atoms with Gasteiger partial charge in [-0.25, -0.2) is 4.39 Å². The summed E-state index contributed by atoms with van der Waals surface area (Å²) in [6.45, 7) is 0. The minimum absolute atomic E-state index is 0.177. The summed E-state index contributed by atoms with van der Waals surface area (Å²) in [6, 6.07) is 4.69. The van der Waals surface area contributed by atoms with Gasteiger partial charge in [0.15, 0.2) is 0 Å². The Balaban J connectivity index is 2.11. The fourth-order valence-electron chi connectivity index (χ4n) is 1.78. The van der Waals surface area contributed by atoms with Crippen LogP contribution in [0, 0.1) is 11.7 Å². The monoisotopic (exact) mass is 209 g/mol. The summed E-state index contributed by atoms with van der Waals surface area (Å²) in [5.74, 6) is 0.985. The van der Waals surface area contributed by atoms with Gasteiger partial charge in [-0.1, -0.05) is 18.9 Å². The molecule has 0 bridgehead atoms. The van der Waals surface area contributed by atoms with Crippen LogP contribution in [0.2, 0.25) is 0 Å². The van der Waals surface area contributed by atoms with E-state index in [4.69, 9.17) is 10.5 Å². The highest BCUT2D eigenvalue weighted by Gasteiger charge is 2.25. The van der Waals surface area contributed by atoms with Crippen LogP contribution in [-0.4, -0.2) is 7.11 Å². The summed E-state index contributed by atoms with van der Waals surface area (Å²) >= 11 is 0. The molecule has 0 amide bonds. The second-order valence-electron chi connectivity index (χ2n) is 4.17. The third kappa shape index (κ3) is 2.48. The molecule has 0 radical (unpaired) electrons. The first-order chi connectivity index (χ1) is 7.20. The minimum atomic E-state index is -0.262. The van der Waals surface area contributed by atoms with Crippen molar-refractivity contribution in [1.82, 2.24) is 0 Å². The zero-order valence-electron chi connectivity index (χ0n) is 8.87. The van der Waals surface area contributed by atoms with Gasteiger partial charge < -0.3 is 10.5 Å². The van der Waals surface area contributed by atoms with E-state index in [1.165, 1.54) is 26.0 Å². The van der Waals surface area contributed by atoms with Crippen LogP contribution >= 0.6 is 0 Å². The molecule has 3 heteroatoms. The summed E-state index contributed by atoms with van der Waals surface area (Å²) in [6.07, 6.45) is 3.38. The maximum atomic E-state index is 13.6. The van der Waals surface area contributed by atoms with E-state index in [-0.39, 0.29) is 11.9 Å². The molecule has 1 aromatic rings. The van der Waals surface area contributed by atoms with Gasteiger partial charge in [-0.2, -0.15) is 0 Å². The number of rotatable bonds is 4. The molecular weight excluding hydrogens is 193 g/mol. The molecule has 0 aromatic heterocycles. The molecule has 0 aliphatic heterocycles. The molecule has 2 nitrogen and oxygen atoms in total. The van der Waals surface area contributed by atoms with Crippen LogP contribution in [0.3, 0.4) is 0 Å². The second-order valence-corrected chi connectivity index (χ2v) is 4.17. The Kier molecular flexibility index (Phi) is 2.91. The Bertz CT molecular complexity index is 349. The third-order valence-corrected chi connectivity index (χ3v) is 2.89. The van der Waals surface area contributed by atoms with Crippen LogP contribution in [0.15, 0.2) is 18.2 Å². The smallest absolute Gasteiger partial charge is 0.131 e. The SMILES string of the molecule is COc1ccc(C(N)CC2CC2)c(F)c1. The molecule has 15 heavy (non-hydrogen) atoms. The van der Waals surface area contributed by atoms with Gasteiger partial charge in [0.25, 0.3) is 0 Å². The van der Waals surface area contributed by atoms with Gasteiger partial charge >= 0.3 is 0 Å². The molecule has 0 heterocycles. The molecule has 0 spiro atoms. The van der Waals surface area contributed by atoms with E-state index in [1.54, 1.807) is 12.1 Å². The van der Waals surface area contributed by atoms with Crippen molar-refractivity contribution in [2.24, 2.45) is 11.7 Å². The molecule has 1 atom stereocenters.